The quantitative estimate of drug-likeness (QED) is 0.812. The van der Waals surface area contributed by atoms with Crippen LogP contribution in [0.3, 0.4) is 0 Å². The van der Waals surface area contributed by atoms with Gasteiger partial charge in [0.05, 0.1) is 17.9 Å². The van der Waals surface area contributed by atoms with E-state index in [1.54, 1.807) is 24.7 Å². The Kier molecular flexibility index (Phi) is 4.05. The van der Waals surface area contributed by atoms with Crippen molar-refractivity contribution in [2.24, 2.45) is 0 Å². The Hall–Kier alpha value is -2.49. The number of hydrogen-bond donors (Lipinski definition) is 0. The lowest BCUT2D eigenvalue weighted by molar-refractivity contribution is -0.126. The molecule has 1 fully saturated rings. The lowest BCUT2D eigenvalue weighted by Crippen LogP contribution is -2.29. The largest absolute Gasteiger partial charge is 0.330 e. The molecule has 0 spiro atoms. The van der Waals surface area contributed by atoms with E-state index in [4.69, 9.17) is 0 Å². The second-order valence-corrected chi connectivity index (χ2v) is 5.06. The summed E-state index contributed by atoms with van der Waals surface area (Å²) in [4.78, 5) is 22.7. The molecule has 0 saturated carbocycles. The van der Waals surface area contributed by atoms with Crippen molar-refractivity contribution in [3.8, 4) is 0 Å². The van der Waals surface area contributed by atoms with Gasteiger partial charge in [0.2, 0.25) is 5.91 Å². The summed E-state index contributed by atoms with van der Waals surface area (Å²) in [6.07, 6.45) is 10.5. The van der Waals surface area contributed by atoms with Gasteiger partial charge in [0.25, 0.3) is 0 Å². The maximum atomic E-state index is 12.4. The molecule has 2 heterocycles. The third-order valence-corrected chi connectivity index (χ3v) is 3.68. The van der Waals surface area contributed by atoms with Crippen LogP contribution in [0.1, 0.15) is 30.1 Å². The highest BCUT2D eigenvalue weighted by atomic mass is 16.2. The van der Waals surface area contributed by atoms with E-state index >= 15 is 0 Å². The molecule has 1 atom stereocenters. The van der Waals surface area contributed by atoms with Crippen LogP contribution in [0.15, 0.2) is 55.0 Å². The van der Waals surface area contributed by atoms with Crippen LogP contribution in [-0.2, 0) is 4.79 Å². The van der Waals surface area contributed by atoms with Gasteiger partial charge in [-0.1, -0.05) is 30.3 Å². The van der Waals surface area contributed by atoms with E-state index in [-0.39, 0.29) is 11.9 Å². The lowest BCUT2D eigenvalue weighted by atomic mass is 10.1. The van der Waals surface area contributed by atoms with Crippen LogP contribution in [-0.4, -0.2) is 27.3 Å². The fraction of sp³-hybridized carbons (Fsp3) is 0.235. The Labute approximate surface area is 124 Å². The summed E-state index contributed by atoms with van der Waals surface area (Å²) in [5.41, 5.74) is 1.90. The van der Waals surface area contributed by atoms with Crippen LogP contribution in [0, 0.1) is 0 Å². The molecule has 4 nitrogen and oxygen atoms in total. The summed E-state index contributed by atoms with van der Waals surface area (Å²) in [5, 5.41) is 0. The maximum Gasteiger partial charge on any atom is 0.247 e. The average molecular weight is 279 g/mol. The van der Waals surface area contributed by atoms with Gasteiger partial charge in [-0.15, -0.1) is 0 Å². The third kappa shape index (κ3) is 3.16. The first-order chi connectivity index (χ1) is 10.3. The highest BCUT2D eigenvalue weighted by Gasteiger charge is 2.29. The monoisotopic (exact) mass is 279 g/mol. The van der Waals surface area contributed by atoms with Crippen molar-refractivity contribution in [1.29, 1.82) is 0 Å². The minimum atomic E-state index is 0.0343. The molecular formula is C17H17N3O. The highest BCUT2D eigenvalue weighted by Crippen LogP contribution is 2.30. The normalized spacial score (nSPS) is 18.3. The van der Waals surface area contributed by atoms with Crippen molar-refractivity contribution in [2.75, 3.05) is 6.54 Å². The van der Waals surface area contributed by atoms with E-state index in [1.807, 2.05) is 41.3 Å². The molecule has 1 amide bonds. The zero-order valence-corrected chi connectivity index (χ0v) is 11.7. The highest BCUT2D eigenvalue weighted by molar-refractivity contribution is 5.92. The first-order valence-electron chi connectivity index (χ1n) is 7.14. The standard InChI is InChI=1S/C17H17N3O/c21-17(9-8-14-5-2-1-3-6-14)20-12-4-7-16(20)15-13-18-10-11-19-15/h1-3,5-6,8-11,13,16H,4,7,12H2/b9-8+/t16-/m1/s1. The van der Waals surface area contributed by atoms with Crippen molar-refractivity contribution >= 4 is 12.0 Å². The number of benzene rings is 1. The van der Waals surface area contributed by atoms with Crippen LogP contribution in [0.5, 0.6) is 0 Å². The minimum absolute atomic E-state index is 0.0343. The van der Waals surface area contributed by atoms with Gasteiger partial charge in [-0.05, 0) is 24.5 Å². The fourth-order valence-electron chi connectivity index (χ4n) is 2.65. The van der Waals surface area contributed by atoms with Gasteiger partial charge < -0.3 is 4.90 Å². The number of rotatable bonds is 3. The molecule has 4 heteroatoms. The summed E-state index contributed by atoms with van der Waals surface area (Å²) < 4.78 is 0. The van der Waals surface area contributed by atoms with E-state index < -0.39 is 0 Å². The van der Waals surface area contributed by atoms with E-state index in [9.17, 15) is 4.79 Å². The number of likely N-dealkylation sites (tertiary alicyclic amines) is 1. The molecule has 0 aliphatic carbocycles. The van der Waals surface area contributed by atoms with E-state index in [0.717, 1.165) is 30.6 Å². The smallest absolute Gasteiger partial charge is 0.247 e. The van der Waals surface area contributed by atoms with Crippen molar-refractivity contribution in [3.63, 3.8) is 0 Å². The van der Waals surface area contributed by atoms with Gasteiger partial charge in [0.15, 0.2) is 0 Å². The summed E-state index contributed by atoms with van der Waals surface area (Å²) in [6, 6.07) is 9.89. The summed E-state index contributed by atoms with van der Waals surface area (Å²) in [5.74, 6) is 0.0343. The predicted octanol–water partition coefficient (Wildman–Crippen LogP) is 2.85. The first kappa shape index (κ1) is 13.5. The molecule has 2 aromatic rings. The Morgan fingerprint density at radius 1 is 1.24 bits per heavy atom. The molecule has 1 aromatic carbocycles. The molecule has 3 rings (SSSR count). The Morgan fingerprint density at radius 2 is 2.10 bits per heavy atom. The van der Waals surface area contributed by atoms with Gasteiger partial charge >= 0.3 is 0 Å². The Balaban J connectivity index is 1.73. The van der Waals surface area contributed by atoms with Crippen molar-refractivity contribution in [2.45, 2.75) is 18.9 Å². The number of carbonyl (C=O) groups excluding carboxylic acids is 1. The first-order valence-corrected chi connectivity index (χ1v) is 7.14. The number of nitrogens with zero attached hydrogens (tertiary/aromatic N) is 3. The molecule has 1 aliphatic heterocycles. The van der Waals surface area contributed by atoms with Crippen LogP contribution in [0.2, 0.25) is 0 Å². The Bertz CT molecular complexity index is 625. The number of hydrogen-bond acceptors (Lipinski definition) is 3. The molecule has 0 unspecified atom stereocenters. The number of carbonyl (C=O) groups is 1. The van der Waals surface area contributed by atoms with E-state index in [0.29, 0.717) is 0 Å². The molecule has 1 saturated heterocycles. The van der Waals surface area contributed by atoms with E-state index in [2.05, 4.69) is 9.97 Å². The average Bonchev–Trinajstić information content (AvgIpc) is 3.04. The number of aromatic nitrogens is 2. The SMILES string of the molecule is O=C(/C=C/c1ccccc1)N1CCC[C@@H]1c1cnccn1. The van der Waals surface area contributed by atoms with E-state index in [1.165, 1.54) is 0 Å². The molecule has 1 aliphatic rings. The zero-order valence-electron chi connectivity index (χ0n) is 11.7. The predicted molar refractivity (Wildman–Crippen MR) is 81.2 cm³/mol. The third-order valence-electron chi connectivity index (χ3n) is 3.68. The van der Waals surface area contributed by atoms with Gasteiger partial charge in [-0.25, -0.2) is 0 Å². The van der Waals surface area contributed by atoms with Gasteiger partial charge in [-0.2, -0.15) is 0 Å². The topological polar surface area (TPSA) is 46.1 Å². The molecule has 0 bridgehead atoms. The summed E-state index contributed by atoms with van der Waals surface area (Å²) in [7, 11) is 0. The van der Waals surface area contributed by atoms with Crippen molar-refractivity contribution < 1.29 is 4.79 Å². The number of amides is 1. The van der Waals surface area contributed by atoms with Gasteiger partial charge in [0, 0.05) is 25.0 Å². The zero-order chi connectivity index (χ0) is 14.5. The van der Waals surface area contributed by atoms with Crippen LogP contribution in [0.4, 0.5) is 0 Å². The summed E-state index contributed by atoms with van der Waals surface area (Å²) in [6.45, 7) is 0.777. The molecule has 21 heavy (non-hydrogen) atoms. The molecule has 1 aromatic heterocycles. The van der Waals surface area contributed by atoms with Crippen LogP contribution in [0.25, 0.3) is 6.08 Å². The maximum absolute atomic E-state index is 12.4. The van der Waals surface area contributed by atoms with Crippen LogP contribution < -0.4 is 0 Å². The van der Waals surface area contributed by atoms with Gasteiger partial charge in [-0.3, -0.25) is 14.8 Å². The minimum Gasteiger partial charge on any atom is -0.330 e. The Morgan fingerprint density at radius 3 is 2.86 bits per heavy atom. The fourth-order valence-corrected chi connectivity index (χ4v) is 2.65. The van der Waals surface area contributed by atoms with Gasteiger partial charge in [0.1, 0.15) is 0 Å². The second-order valence-electron chi connectivity index (χ2n) is 5.06. The molecule has 0 N–H and O–H groups in total. The lowest BCUT2D eigenvalue weighted by Gasteiger charge is -2.22. The van der Waals surface area contributed by atoms with Crippen LogP contribution >= 0.6 is 0 Å². The molecular weight excluding hydrogens is 262 g/mol. The molecule has 106 valence electrons. The second kappa shape index (κ2) is 6.31. The summed E-state index contributed by atoms with van der Waals surface area (Å²) >= 11 is 0. The van der Waals surface area contributed by atoms with Crippen molar-refractivity contribution in [1.82, 2.24) is 14.9 Å². The molecule has 0 radical (unpaired) electrons. The van der Waals surface area contributed by atoms with Crippen molar-refractivity contribution in [3.05, 3.63) is 66.3 Å².